The van der Waals surface area contributed by atoms with Gasteiger partial charge in [0, 0.05) is 36.4 Å². The van der Waals surface area contributed by atoms with E-state index in [0.717, 1.165) is 11.3 Å². The second-order valence-corrected chi connectivity index (χ2v) is 8.96. The summed E-state index contributed by atoms with van der Waals surface area (Å²) in [4.78, 5) is 49.8. The molecular formula is C28H22Cl2N4O3. The van der Waals surface area contributed by atoms with E-state index >= 15 is 0 Å². The van der Waals surface area contributed by atoms with Gasteiger partial charge in [-0.2, -0.15) is 0 Å². The molecule has 2 amide bonds. The van der Waals surface area contributed by atoms with Crippen LogP contribution in [0.25, 0.3) is 0 Å². The van der Waals surface area contributed by atoms with Crippen molar-refractivity contribution in [3.05, 3.63) is 118 Å². The second kappa shape index (κ2) is 11.8. The molecule has 186 valence electrons. The summed E-state index contributed by atoms with van der Waals surface area (Å²) < 4.78 is 0. The number of carbonyl (C=O) groups excluding carboxylic acids is 3. The third-order valence-corrected chi connectivity index (χ3v) is 6.37. The van der Waals surface area contributed by atoms with Gasteiger partial charge in [0.25, 0.3) is 5.91 Å². The first-order chi connectivity index (χ1) is 17.8. The summed E-state index contributed by atoms with van der Waals surface area (Å²) in [7, 11) is 1.70. The van der Waals surface area contributed by atoms with Gasteiger partial charge in [-0.15, -0.1) is 0 Å². The molecule has 0 N–H and O–H groups in total. The van der Waals surface area contributed by atoms with Crippen LogP contribution in [0.4, 0.5) is 11.4 Å². The molecule has 9 heteroatoms. The Bertz CT molecular complexity index is 1410. The van der Waals surface area contributed by atoms with Gasteiger partial charge in [-0.1, -0.05) is 47.5 Å². The van der Waals surface area contributed by atoms with Crippen molar-refractivity contribution in [2.45, 2.75) is 13.0 Å². The first-order valence-electron chi connectivity index (χ1n) is 11.3. The van der Waals surface area contributed by atoms with Gasteiger partial charge < -0.3 is 9.80 Å². The maximum atomic E-state index is 13.3. The number of hydrogen-bond donors (Lipinski definition) is 0. The molecule has 7 nitrogen and oxygen atoms in total. The van der Waals surface area contributed by atoms with Crippen molar-refractivity contribution in [2.75, 3.05) is 16.8 Å². The Hall–Kier alpha value is -4.07. The van der Waals surface area contributed by atoms with Gasteiger partial charge in [0.15, 0.2) is 5.82 Å². The summed E-state index contributed by atoms with van der Waals surface area (Å²) in [5, 5.41) is 0.746. The van der Waals surface area contributed by atoms with E-state index in [1.165, 1.54) is 17.3 Å². The molecule has 0 aliphatic heterocycles. The van der Waals surface area contributed by atoms with Gasteiger partial charge in [0.1, 0.15) is 0 Å². The van der Waals surface area contributed by atoms with Crippen LogP contribution in [0, 0.1) is 0 Å². The largest absolute Gasteiger partial charge is 0.311 e. The maximum Gasteiger partial charge on any atom is 0.258 e. The first-order valence-corrected chi connectivity index (χ1v) is 12.1. The predicted octanol–water partition coefficient (Wildman–Crippen LogP) is 5.87. The predicted molar refractivity (Wildman–Crippen MR) is 144 cm³/mol. The minimum Gasteiger partial charge on any atom is -0.311 e. The number of Topliss-reactive ketones (excluding diaryl/α,β-unsaturated/α-hetero) is 1. The van der Waals surface area contributed by atoms with E-state index in [-0.39, 0.29) is 18.3 Å². The number of rotatable bonds is 8. The normalized spacial score (nSPS) is 10.6. The van der Waals surface area contributed by atoms with Crippen molar-refractivity contribution < 1.29 is 14.4 Å². The van der Waals surface area contributed by atoms with Crippen LogP contribution in [0.2, 0.25) is 10.0 Å². The SMILES string of the molecule is CN(C(=O)c1ccc(N(Cc2ccc(Cl)c(Cl)c2)C(=O)CC(=O)c2ncccn2)cc1)c1ccccc1. The minimum absolute atomic E-state index is 0.0322. The van der Waals surface area contributed by atoms with Crippen LogP contribution in [0.5, 0.6) is 0 Å². The topological polar surface area (TPSA) is 83.5 Å². The molecule has 37 heavy (non-hydrogen) atoms. The lowest BCUT2D eigenvalue weighted by molar-refractivity contribution is -0.117. The molecule has 4 rings (SSSR count). The molecule has 0 bridgehead atoms. The van der Waals surface area contributed by atoms with Crippen LogP contribution < -0.4 is 9.80 Å². The summed E-state index contributed by atoms with van der Waals surface area (Å²) in [5.74, 6) is -1.18. The zero-order chi connectivity index (χ0) is 26.4. The van der Waals surface area contributed by atoms with E-state index in [4.69, 9.17) is 23.2 Å². The third-order valence-electron chi connectivity index (χ3n) is 5.63. The average Bonchev–Trinajstić information content (AvgIpc) is 2.93. The number of benzene rings is 3. The highest BCUT2D eigenvalue weighted by Gasteiger charge is 2.23. The lowest BCUT2D eigenvalue weighted by Gasteiger charge is -2.24. The lowest BCUT2D eigenvalue weighted by atomic mass is 10.1. The fourth-order valence-corrected chi connectivity index (χ4v) is 3.97. The number of anilines is 2. The Morgan fingerprint density at radius 3 is 2.11 bits per heavy atom. The number of halogens is 2. The van der Waals surface area contributed by atoms with Crippen molar-refractivity contribution in [3.63, 3.8) is 0 Å². The van der Waals surface area contributed by atoms with Gasteiger partial charge in [0.2, 0.25) is 11.7 Å². The number of ketones is 1. The highest BCUT2D eigenvalue weighted by molar-refractivity contribution is 6.42. The third kappa shape index (κ3) is 6.39. The van der Waals surface area contributed by atoms with Crippen LogP contribution in [-0.2, 0) is 11.3 Å². The molecule has 0 atom stereocenters. The molecule has 1 aromatic heterocycles. The van der Waals surface area contributed by atoms with E-state index in [1.54, 1.807) is 60.5 Å². The van der Waals surface area contributed by atoms with E-state index in [9.17, 15) is 14.4 Å². The molecule has 3 aromatic carbocycles. The van der Waals surface area contributed by atoms with Gasteiger partial charge in [-0.05, 0) is 60.2 Å². The molecule has 4 aromatic rings. The van der Waals surface area contributed by atoms with Crippen LogP contribution in [-0.4, -0.2) is 34.6 Å². The summed E-state index contributed by atoms with van der Waals surface area (Å²) in [6, 6.07) is 22.6. The van der Waals surface area contributed by atoms with Crippen molar-refractivity contribution in [3.8, 4) is 0 Å². The molecule has 1 heterocycles. The first kappa shape index (κ1) is 26.0. The molecule has 0 radical (unpaired) electrons. The van der Waals surface area contributed by atoms with Crippen LogP contribution >= 0.6 is 23.2 Å². The molecule has 0 fully saturated rings. The summed E-state index contributed by atoms with van der Waals surface area (Å²) in [6.45, 7) is 0.135. The standard InChI is InChI=1S/C28H22Cl2N4O3/c1-33(21-6-3-2-4-7-21)28(37)20-9-11-22(12-10-20)34(18-19-8-13-23(29)24(30)16-19)26(36)17-25(35)27-31-14-5-15-32-27/h2-16H,17-18H2,1H3. The van der Waals surface area contributed by atoms with Gasteiger partial charge in [0.05, 0.1) is 23.0 Å². The van der Waals surface area contributed by atoms with Crippen molar-refractivity contribution in [1.29, 1.82) is 0 Å². The number of carbonyl (C=O) groups is 3. The van der Waals surface area contributed by atoms with E-state index in [0.29, 0.717) is 21.3 Å². The fourth-order valence-electron chi connectivity index (χ4n) is 3.65. The van der Waals surface area contributed by atoms with Crippen molar-refractivity contribution in [1.82, 2.24) is 9.97 Å². The minimum atomic E-state index is -0.499. The van der Waals surface area contributed by atoms with Gasteiger partial charge in [-0.3, -0.25) is 14.4 Å². The summed E-state index contributed by atoms with van der Waals surface area (Å²) in [6.07, 6.45) is 2.46. The molecule has 0 saturated carbocycles. The Labute approximate surface area is 224 Å². The van der Waals surface area contributed by atoms with E-state index in [2.05, 4.69) is 9.97 Å². The summed E-state index contributed by atoms with van der Waals surface area (Å²) >= 11 is 12.2. The Morgan fingerprint density at radius 1 is 0.784 bits per heavy atom. The van der Waals surface area contributed by atoms with Crippen LogP contribution in [0.3, 0.4) is 0 Å². The Balaban J connectivity index is 1.59. The second-order valence-electron chi connectivity index (χ2n) is 8.15. The van der Waals surface area contributed by atoms with Crippen molar-refractivity contribution >= 4 is 52.2 Å². The molecule has 0 unspecified atom stereocenters. The number of nitrogens with zero attached hydrogens (tertiary/aromatic N) is 4. The highest BCUT2D eigenvalue weighted by Crippen LogP contribution is 2.26. The van der Waals surface area contributed by atoms with Gasteiger partial charge in [-0.25, -0.2) is 9.97 Å². The monoisotopic (exact) mass is 532 g/mol. The van der Waals surface area contributed by atoms with Crippen molar-refractivity contribution in [2.24, 2.45) is 0 Å². The molecular weight excluding hydrogens is 511 g/mol. The quantitative estimate of drug-likeness (QED) is 0.209. The number of hydrogen-bond acceptors (Lipinski definition) is 5. The number of para-hydroxylation sites is 1. The average molecular weight is 533 g/mol. The molecule has 0 aliphatic carbocycles. The molecule has 0 aliphatic rings. The maximum absolute atomic E-state index is 13.3. The Kier molecular flexibility index (Phi) is 8.28. The zero-order valence-electron chi connectivity index (χ0n) is 19.8. The highest BCUT2D eigenvalue weighted by atomic mass is 35.5. The van der Waals surface area contributed by atoms with E-state index in [1.807, 2.05) is 30.3 Å². The van der Waals surface area contributed by atoms with Gasteiger partial charge >= 0.3 is 0 Å². The van der Waals surface area contributed by atoms with Crippen LogP contribution in [0.1, 0.15) is 33.0 Å². The molecule has 0 saturated heterocycles. The zero-order valence-corrected chi connectivity index (χ0v) is 21.4. The summed E-state index contributed by atoms with van der Waals surface area (Å²) in [5.41, 5.74) is 2.44. The fraction of sp³-hybridized carbons (Fsp3) is 0.107. The molecule has 0 spiro atoms. The van der Waals surface area contributed by atoms with Crippen LogP contribution in [0.15, 0.2) is 91.3 Å². The number of amides is 2. The van der Waals surface area contributed by atoms with E-state index < -0.39 is 18.1 Å². The number of aromatic nitrogens is 2. The lowest BCUT2D eigenvalue weighted by Crippen LogP contribution is -2.32. The Morgan fingerprint density at radius 2 is 1.46 bits per heavy atom. The smallest absolute Gasteiger partial charge is 0.258 e.